The predicted molar refractivity (Wildman–Crippen MR) is 119 cm³/mol. The fourth-order valence-corrected chi connectivity index (χ4v) is 3.43. The minimum absolute atomic E-state index is 0.0770. The Balaban J connectivity index is 1.82. The first kappa shape index (κ1) is 20.1. The van der Waals surface area contributed by atoms with Gasteiger partial charge in [0.1, 0.15) is 5.70 Å². The Labute approximate surface area is 179 Å². The number of anilines is 1. The van der Waals surface area contributed by atoms with Crippen LogP contribution in [0.1, 0.15) is 0 Å². The van der Waals surface area contributed by atoms with Gasteiger partial charge in [-0.1, -0.05) is 36.4 Å². The summed E-state index contributed by atoms with van der Waals surface area (Å²) in [5.41, 5.74) is 3.65. The number of benzene rings is 2. The largest absolute Gasteiger partial charge is 0.465 e. The molecule has 0 fully saturated rings. The lowest BCUT2D eigenvalue weighted by molar-refractivity contribution is -0.139. The molecule has 0 atom stereocenters. The molecule has 2 heterocycles. The van der Waals surface area contributed by atoms with Crippen LogP contribution >= 0.6 is 0 Å². The summed E-state index contributed by atoms with van der Waals surface area (Å²) in [4.78, 5) is 31.1. The summed E-state index contributed by atoms with van der Waals surface area (Å²) in [6, 6.07) is 17.6. The molecule has 31 heavy (non-hydrogen) atoms. The summed E-state index contributed by atoms with van der Waals surface area (Å²) in [5.74, 6) is -1.27. The third-order valence-corrected chi connectivity index (χ3v) is 4.94. The van der Waals surface area contributed by atoms with Crippen molar-refractivity contribution in [2.75, 3.05) is 19.1 Å². The Morgan fingerprint density at radius 3 is 2.48 bits per heavy atom. The second kappa shape index (κ2) is 8.67. The van der Waals surface area contributed by atoms with Gasteiger partial charge in [-0.3, -0.25) is 4.98 Å². The van der Waals surface area contributed by atoms with E-state index in [2.05, 4.69) is 11.1 Å². The minimum Gasteiger partial charge on any atom is -0.465 e. The van der Waals surface area contributed by atoms with Crippen molar-refractivity contribution in [2.24, 2.45) is 0 Å². The van der Waals surface area contributed by atoms with E-state index in [1.807, 2.05) is 54.7 Å². The molecule has 6 heteroatoms. The lowest BCUT2D eigenvalue weighted by Gasteiger charge is -2.23. The van der Waals surface area contributed by atoms with Crippen molar-refractivity contribution < 1.29 is 19.1 Å². The average molecular weight is 412 g/mol. The van der Waals surface area contributed by atoms with Crippen molar-refractivity contribution in [1.82, 2.24) is 4.98 Å². The highest BCUT2D eigenvalue weighted by molar-refractivity contribution is 6.05. The highest BCUT2D eigenvalue weighted by Crippen LogP contribution is 2.31. The van der Waals surface area contributed by atoms with Gasteiger partial charge in [0.15, 0.2) is 0 Å². The molecule has 4 rings (SSSR count). The molecule has 0 N–H and O–H groups in total. The Morgan fingerprint density at radius 1 is 0.871 bits per heavy atom. The van der Waals surface area contributed by atoms with Crippen molar-refractivity contribution in [1.29, 1.82) is 0 Å². The fraction of sp³-hybridized carbons (Fsp3) is 0.0800. The molecule has 1 aromatic heterocycles. The van der Waals surface area contributed by atoms with Crippen molar-refractivity contribution in [3.05, 3.63) is 96.5 Å². The van der Waals surface area contributed by atoms with Crippen LogP contribution in [-0.4, -0.2) is 31.1 Å². The van der Waals surface area contributed by atoms with Gasteiger partial charge >= 0.3 is 11.9 Å². The number of allylic oxidation sites excluding steroid dienone is 2. The van der Waals surface area contributed by atoms with E-state index in [1.54, 1.807) is 23.3 Å². The van der Waals surface area contributed by atoms with Crippen LogP contribution in [0, 0.1) is 0 Å². The molecular formula is C25H20N2O4. The molecule has 0 aliphatic carbocycles. The minimum atomic E-state index is -0.644. The van der Waals surface area contributed by atoms with E-state index in [4.69, 9.17) is 9.47 Å². The fourth-order valence-electron chi connectivity index (χ4n) is 3.43. The first-order valence-electron chi connectivity index (χ1n) is 9.62. The quantitative estimate of drug-likeness (QED) is 0.592. The first-order chi connectivity index (χ1) is 15.1. The third-order valence-electron chi connectivity index (χ3n) is 4.94. The highest BCUT2D eigenvalue weighted by Gasteiger charge is 2.27. The van der Waals surface area contributed by atoms with Crippen molar-refractivity contribution in [3.63, 3.8) is 0 Å². The molecule has 6 nitrogen and oxygen atoms in total. The number of nitrogens with zero attached hydrogens (tertiary/aromatic N) is 2. The topological polar surface area (TPSA) is 68.7 Å². The van der Waals surface area contributed by atoms with Crippen LogP contribution in [-0.2, 0) is 19.1 Å². The summed E-state index contributed by atoms with van der Waals surface area (Å²) in [6.07, 6.45) is 8.47. The maximum Gasteiger partial charge on any atom is 0.355 e. The van der Waals surface area contributed by atoms with E-state index >= 15 is 0 Å². The van der Waals surface area contributed by atoms with E-state index in [9.17, 15) is 9.59 Å². The lowest BCUT2D eigenvalue weighted by Crippen LogP contribution is -2.26. The molecule has 1 aliphatic heterocycles. The number of fused-ring (bicyclic) bond motifs is 1. The number of pyridine rings is 1. The molecule has 0 radical (unpaired) electrons. The van der Waals surface area contributed by atoms with Gasteiger partial charge in [0.05, 0.1) is 25.3 Å². The Kier molecular flexibility index (Phi) is 5.62. The standard InChI is InChI=1S/C25H20N2O4/c1-30-24(28)21-11-5-6-13-27(23(21)25(29)31-2)20-10-7-9-17(15-20)19-14-18-8-3-4-12-22(18)26-16-19/h3-16H,1-2H3. The first-order valence-corrected chi connectivity index (χ1v) is 9.62. The van der Waals surface area contributed by atoms with Gasteiger partial charge in [-0.15, -0.1) is 0 Å². The second-order valence-electron chi connectivity index (χ2n) is 6.78. The zero-order chi connectivity index (χ0) is 21.8. The van der Waals surface area contributed by atoms with Gasteiger partial charge in [0.2, 0.25) is 0 Å². The van der Waals surface area contributed by atoms with Crippen molar-refractivity contribution >= 4 is 28.5 Å². The summed E-state index contributed by atoms with van der Waals surface area (Å²) in [5, 5.41) is 1.03. The lowest BCUT2D eigenvalue weighted by atomic mass is 10.0. The molecular weight excluding hydrogens is 392 g/mol. The molecule has 0 saturated carbocycles. The van der Waals surface area contributed by atoms with Crippen LogP contribution in [0.3, 0.4) is 0 Å². The molecule has 0 amide bonds. The summed E-state index contributed by atoms with van der Waals surface area (Å²) < 4.78 is 9.83. The van der Waals surface area contributed by atoms with Crippen LogP contribution in [0.5, 0.6) is 0 Å². The molecule has 1 aliphatic rings. The zero-order valence-electron chi connectivity index (χ0n) is 17.1. The molecule has 2 aromatic carbocycles. The van der Waals surface area contributed by atoms with Gasteiger partial charge in [-0.2, -0.15) is 0 Å². The van der Waals surface area contributed by atoms with Crippen molar-refractivity contribution in [2.45, 2.75) is 0 Å². The number of aromatic nitrogens is 1. The Hall–Kier alpha value is -4.19. The third kappa shape index (κ3) is 3.96. The molecule has 154 valence electrons. The maximum absolute atomic E-state index is 12.6. The van der Waals surface area contributed by atoms with Gasteiger partial charge in [0.25, 0.3) is 0 Å². The monoisotopic (exact) mass is 412 g/mol. The SMILES string of the molecule is COC(=O)C1=C(C(=O)OC)N(c2cccc(-c3cnc4ccccc4c3)c2)C=CC=C1. The van der Waals surface area contributed by atoms with Crippen molar-refractivity contribution in [3.8, 4) is 11.1 Å². The van der Waals surface area contributed by atoms with E-state index in [-0.39, 0.29) is 11.3 Å². The van der Waals surface area contributed by atoms with E-state index in [0.717, 1.165) is 22.0 Å². The van der Waals surface area contributed by atoms with E-state index in [1.165, 1.54) is 20.3 Å². The maximum atomic E-state index is 12.6. The molecule has 0 saturated heterocycles. The predicted octanol–water partition coefficient (Wildman–Crippen LogP) is 4.39. The smallest absolute Gasteiger partial charge is 0.355 e. The van der Waals surface area contributed by atoms with Gasteiger partial charge in [-0.25, -0.2) is 9.59 Å². The molecule has 0 bridgehead atoms. The summed E-state index contributed by atoms with van der Waals surface area (Å²) in [7, 11) is 2.55. The second-order valence-corrected chi connectivity index (χ2v) is 6.78. The zero-order valence-corrected chi connectivity index (χ0v) is 17.1. The van der Waals surface area contributed by atoms with Gasteiger partial charge < -0.3 is 14.4 Å². The number of methoxy groups -OCH3 is 2. The van der Waals surface area contributed by atoms with Gasteiger partial charge in [-0.05, 0) is 42.0 Å². The number of carbonyl (C=O) groups excluding carboxylic acids is 2. The van der Waals surface area contributed by atoms with E-state index < -0.39 is 11.9 Å². The Morgan fingerprint density at radius 2 is 1.68 bits per heavy atom. The number of carbonyl (C=O) groups is 2. The number of para-hydroxylation sites is 1. The summed E-state index contributed by atoms with van der Waals surface area (Å²) >= 11 is 0. The van der Waals surface area contributed by atoms with Gasteiger partial charge in [0, 0.05) is 29.0 Å². The van der Waals surface area contributed by atoms with Crippen LogP contribution in [0.2, 0.25) is 0 Å². The number of rotatable bonds is 4. The summed E-state index contributed by atoms with van der Waals surface area (Å²) in [6.45, 7) is 0. The number of hydrogen-bond donors (Lipinski definition) is 0. The Bertz CT molecular complexity index is 1260. The van der Waals surface area contributed by atoms with E-state index in [0.29, 0.717) is 5.69 Å². The van der Waals surface area contributed by atoms with Crippen LogP contribution in [0.25, 0.3) is 22.0 Å². The molecule has 0 unspecified atom stereocenters. The molecule has 0 spiro atoms. The number of hydrogen-bond acceptors (Lipinski definition) is 6. The van der Waals surface area contributed by atoms with Crippen LogP contribution in [0.4, 0.5) is 5.69 Å². The molecule has 3 aromatic rings. The van der Waals surface area contributed by atoms with Crippen LogP contribution < -0.4 is 4.90 Å². The number of esters is 2. The highest BCUT2D eigenvalue weighted by atomic mass is 16.5. The van der Waals surface area contributed by atoms with Crippen LogP contribution in [0.15, 0.2) is 96.5 Å². The number of ether oxygens (including phenoxy) is 2. The average Bonchev–Trinajstić information content (AvgIpc) is 3.06. The normalized spacial score (nSPS) is 13.3.